The van der Waals surface area contributed by atoms with Crippen molar-refractivity contribution in [3.05, 3.63) is 70.3 Å². The van der Waals surface area contributed by atoms with Crippen molar-refractivity contribution in [2.75, 3.05) is 5.32 Å². The number of hydrogen-bond donors (Lipinski definition) is 2. The number of aromatic hydroxyl groups is 1. The van der Waals surface area contributed by atoms with Gasteiger partial charge in [0, 0.05) is 27.5 Å². The third-order valence-corrected chi connectivity index (χ3v) is 3.21. The van der Waals surface area contributed by atoms with Crippen LogP contribution in [0, 0.1) is 0 Å². The van der Waals surface area contributed by atoms with Gasteiger partial charge in [-0.05, 0) is 55.5 Å². The lowest BCUT2D eigenvalue weighted by molar-refractivity contribution is 0.104. The third-order valence-electron chi connectivity index (χ3n) is 2.69. The van der Waals surface area contributed by atoms with Gasteiger partial charge < -0.3 is 10.4 Å². The molecular formula is C16H14BrNO2. The quantitative estimate of drug-likeness (QED) is 0.497. The van der Waals surface area contributed by atoms with Gasteiger partial charge in [0.25, 0.3) is 0 Å². The van der Waals surface area contributed by atoms with Gasteiger partial charge in [0.05, 0.1) is 0 Å². The second-order valence-corrected chi connectivity index (χ2v) is 5.29. The van der Waals surface area contributed by atoms with Crippen molar-refractivity contribution in [1.29, 1.82) is 0 Å². The molecule has 0 fully saturated rings. The predicted molar refractivity (Wildman–Crippen MR) is 84.0 cm³/mol. The van der Waals surface area contributed by atoms with Crippen LogP contribution in [0.15, 0.2) is 64.8 Å². The Morgan fingerprint density at radius 2 is 1.70 bits per heavy atom. The summed E-state index contributed by atoms with van der Waals surface area (Å²) in [5.41, 5.74) is 2.20. The van der Waals surface area contributed by atoms with Crippen LogP contribution < -0.4 is 5.32 Å². The van der Waals surface area contributed by atoms with E-state index in [1.165, 1.54) is 0 Å². The molecule has 0 saturated carbocycles. The lowest BCUT2D eigenvalue weighted by Crippen LogP contribution is -2.01. The van der Waals surface area contributed by atoms with Crippen molar-refractivity contribution in [2.45, 2.75) is 6.92 Å². The highest BCUT2D eigenvalue weighted by Crippen LogP contribution is 2.16. The second-order valence-electron chi connectivity index (χ2n) is 4.37. The predicted octanol–water partition coefficient (Wildman–Crippen LogP) is 4.35. The maximum Gasteiger partial charge on any atom is 0.187 e. The van der Waals surface area contributed by atoms with Crippen LogP contribution in [0.2, 0.25) is 0 Å². The van der Waals surface area contributed by atoms with E-state index < -0.39 is 0 Å². The molecule has 2 aromatic rings. The highest BCUT2D eigenvalue weighted by Gasteiger charge is 2.03. The molecule has 2 rings (SSSR count). The first-order chi connectivity index (χ1) is 9.54. The van der Waals surface area contributed by atoms with E-state index in [1.807, 2.05) is 19.1 Å². The van der Waals surface area contributed by atoms with Crippen molar-refractivity contribution in [3.8, 4) is 5.75 Å². The molecule has 2 N–H and O–H groups in total. The molecule has 0 spiro atoms. The Bertz CT molecular complexity index is 631. The smallest absolute Gasteiger partial charge is 0.187 e. The Hall–Kier alpha value is -2.07. The minimum Gasteiger partial charge on any atom is -0.508 e. The Balaban J connectivity index is 2.07. The van der Waals surface area contributed by atoms with Gasteiger partial charge in [0.1, 0.15) is 5.75 Å². The molecule has 0 heterocycles. The van der Waals surface area contributed by atoms with Crippen molar-refractivity contribution in [1.82, 2.24) is 0 Å². The molecule has 3 nitrogen and oxygen atoms in total. The van der Waals surface area contributed by atoms with Gasteiger partial charge in [-0.15, -0.1) is 0 Å². The fourth-order valence-electron chi connectivity index (χ4n) is 1.70. The summed E-state index contributed by atoms with van der Waals surface area (Å²) in [5.74, 6) is 0.157. The summed E-state index contributed by atoms with van der Waals surface area (Å²) in [6.07, 6.45) is 1.55. The van der Waals surface area contributed by atoms with E-state index in [-0.39, 0.29) is 11.5 Å². The van der Waals surface area contributed by atoms with Crippen LogP contribution in [-0.4, -0.2) is 10.9 Å². The SMILES string of the molecule is CC(=CC(=O)c1ccc(Br)cc1)Nc1ccc(O)cc1. The maximum absolute atomic E-state index is 12.0. The number of rotatable bonds is 4. The first-order valence-electron chi connectivity index (χ1n) is 6.09. The van der Waals surface area contributed by atoms with E-state index in [9.17, 15) is 9.90 Å². The number of carbonyl (C=O) groups is 1. The third kappa shape index (κ3) is 3.96. The molecule has 2 aromatic carbocycles. The van der Waals surface area contributed by atoms with E-state index >= 15 is 0 Å². The zero-order valence-electron chi connectivity index (χ0n) is 10.9. The van der Waals surface area contributed by atoms with Crippen LogP contribution in [0.5, 0.6) is 5.75 Å². The van der Waals surface area contributed by atoms with Gasteiger partial charge in [-0.25, -0.2) is 0 Å². The van der Waals surface area contributed by atoms with Crippen LogP contribution in [0.1, 0.15) is 17.3 Å². The molecule has 0 unspecified atom stereocenters. The average molecular weight is 332 g/mol. The van der Waals surface area contributed by atoms with Crippen LogP contribution in [0.4, 0.5) is 5.69 Å². The molecule has 0 radical (unpaired) electrons. The normalized spacial score (nSPS) is 11.2. The van der Waals surface area contributed by atoms with E-state index in [0.29, 0.717) is 5.56 Å². The summed E-state index contributed by atoms with van der Waals surface area (Å²) in [4.78, 5) is 12.0. The summed E-state index contributed by atoms with van der Waals surface area (Å²) in [6.45, 7) is 1.82. The van der Waals surface area contributed by atoms with Gasteiger partial charge in [0.15, 0.2) is 5.78 Å². The molecule has 0 amide bonds. The summed E-state index contributed by atoms with van der Waals surface area (Å²) in [7, 11) is 0. The van der Waals surface area contributed by atoms with Gasteiger partial charge >= 0.3 is 0 Å². The van der Waals surface area contributed by atoms with Gasteiger partial charge in [-0.2, -0.15) is 0 Å². The van der Waals surface area contributed by atoms with Crippen molar-refractivity contribution < 1.29 is 9.90 Å². The monoisotopic (exact) mass is 331 g/mol. The number of carbonyl (C=O) groups excluding carboxylic acids is 1. The van der Waals surface area contributed by atoms with Crippen LogP contribution >= 0.6 is 15.9 Å². The molecule has 0 saturated heterocycles. The minimum atomic E-state index is -0.0544. The average Bonchev–Trinajstić information content (AvgIpc) is 2.42. The molecule has 0 bridgehead atoms. The molecule has 0 atom stereocenters. The number of benzene rings is 2. The van der Waals surface area contributed by atoms with Crippen LogP contribution in [0.3, 0.4) is 0 Å². The molecule has 102 valence electrons. The first-order valence-corrected chi connectivity index (χ1v) is 6.88. The molecule has 0 aliphatic heterocycles. The fraction of sp³-hybridized carbons (Fsp3) is 0.0625. The van der Waals surface area contributed by atoms with Crippen LogP contribution in [-0.2, 0) is 0 Å². The Labute approximate surface area is 126 Å². The van der Waals surface area contributed by atoms with E-state index in [2.05, 4.69) is 21.2 Å². The number of phenols is 1. The minimum absolute atomic E-state index is 0.0544. The largest absolute Gasteiger partial charge is 0.508 e. The Morgan fingerprint density at radius 1 is 1.10 bits per heavy atom. The topological polar surface area (TPSA) is 49.3 Å². The van der Waals surface area contributed by atoms with Crippen LogP contribution in [0.25, 0.3) is 0 Å². The lowest BCUT2D eigenvalue weighted by atomic mass is 10.1. The lowest BCUT2D eigenvalue weighted by Gasteiger charge is -2.06. The number of nitrogens with one attached hydrogen (secondary N) is 1. The van der Waals surface area contributed by atoms with Gasteiger partial charge in [-0.3, -0.25) is 4.79 Å². The Kier molecular flexibility index (Phi) is 4.58. The Morgan fingerprint density at radius 3 is 2.30 bits per heavy atom. The van der Waals surface area contributed by atoms with E-state index in [4.69, 9.17) is 0 Å². The number of anilines is 1. The molecule has 0 aliphatic rings. The number of ketones is 1. The summed E-state index contributed by atoms with van der Waals surface area (Å²) >= 11 is 3.34. The second kappa shape index (κ2) is 6.39. The highest BCUT2D eigenvalue weighted by molar-refractivity contribution is 9.10. The molecule has 20 heavy (non-hydrogen) atoms. The zero-order chi connectivity index (χ0) is 14.5. The van der Waals surface area contributed by atoms with Gasteiger partial charge in [0.2, 0.25) is 0 Å². The highest BCUT2D eigenvalue weighted by atomic mass is 79.9. The number of hydrogen-bond acceptors (Lipinski definition) is 3. The maximum atomic E-state index is 12.0. The van der Waals surface area contributed by atoms with Crippen molar-refractivity contribution >= 4 is 27.4 Å². The van der Waals surface area contributed by atoms with Gasteiger partial charge in [-0.1, -0.05) is 15.9 Å². The number of allylic oxidation sites excluding steroid dienone is 2. The molecule has 4 heteroatoms. The standard InChI is InChI=1S/C16H14BrNO2/c1-11(18-14-6-8-15(19)9-7-14)10-16(20)12-2-4-13(17)5-3-12/h2-10,18-19H,1H3. The number of halogens is 1. The van der Waals surface area contributed by atoms with Crippen molar-refractivity contribution in [2.24, 2.45) is 0 Å². The number of phenolic OH excluding ortho intramolecular Hbond substituents is 1. The zero-order valence-corrected chi connectivity index (χ0v) is 12.5. The molecule has 0 aromatic heterocycles. The summed E-state index contributed by atoms with van der Waals surface area (Å²) in [6, 6.07) is 13.9. The molecular weight excluding hydrogens is 318 g/mol. The summed E-state index contributed by atoms with van der Waals surface area (Å²) in [5, 5.41) is 12.3. The first kappa shape index (κ1) is 14.3. The fourth-order valence-corrected chi connectivity index (χ4v) is 1.97. The van der Waals surface area contributed by atoms with Crippen molar-refractivity contribution in [3.63, 3.8) is 0 Å². The molecule has 0 aliphatic carbocycles. The van der Waals surface area contributed by atoms with E-state index in [0.717, 1.165) is 15.9 Å². The van der Waals surface area contributed by atoms with E-state index in [1.54, 1.807) is 42.5 Å². The summed E-state index contributed by atoms with van der Waals surface area (Å²) < 4.78 is 0.942.